The number of aryl methyl sites for hydroxylation is 2. The van der Waals surface area contributed by atoms with Gasteiger partial charge in [-0.1, -0.05) is 6.07 Å². The SMILES string of the molecule is Cc1ccc2c(=O)c(I)c[nH]c2c1C. The van der Waals surface area contributed by atoms with Gasteiger partial charge in [0.05, 0.1) is 9.09 Å². The molecule has 3 heteroatoms. The molecule has 0 bridgehead atoms. The molecule has 72 valence electrons. The molecule has 0 fully saturated rings. The van der Waals surface area contributed by atoms with Crippen molar-refractivity contribution >= 4 is 33.5 Å². The summed E-state index contributed by atoms with van der Waals surface area (Å²) in [7, 11) is 0. The van der Waals surface area contributed by atoms with Crippen molar-refractivity contribution in [1.82, 2.24) is 4.98 Å². The van der Waals surface area contributed by atoms with Crippen LogP contribution in [-0.4, -0.2) is 4.98 Å². The highest BCUT2D eigenvalue weighted by Crippen LogP contribution is 2.17. The largest absolute Gasteiger partial charge is 0.360 e. The predicted octanol–water partition coefficient (Wildman–Crippen LogP) is 2.75. The van der Waals surface area contributed by atoms with Crippen molar-refractivity contribution in [3.8, 4) is 0 Å². The third-order valence-corrected chi connectivity index (χ3v) is 3.34. The number of fused-ring (bicyclic) bond motifs is 1. The molecule has 0 aliphatic rings. The summed E-state index contributed by atoms with van der Waals surface area (Å²) >= 11 is 2.05. The van der Waals surface area contributed by atoms with E-state index in [1.807, 2.05) is 48.6 Å². The van der Waals surface area contributed by atoms with E-state index < -0.39 is 0 Å². The summed E-state index contributed by atoms with van der Waals surface area (Å²) in [4.78, 5) is 14.9. The molecule has 2 nitrogen and oxygen atoms in total. The standard InChI is InChI=1S/C11H10INO/c1-6-3-4-8-10(7(6)2)13-5-9(12)11(8)14/h3-5H,1-2H3,(H,13,14). The van der Waals surface area contributed by atoms with Crippen LogP contribution in [-0.2, 0) is 0 Å². The van der Waals surface area contributed by atoms with Gasteiger partial charge in [0.25, 0.3) is 0 Å². The maximum absolute atomic E-state index is 11.8. The van der Waals surface area contributed by atoms with E-state index in [0.717, 1.165) is 20.0 Å². The molecule has 1 aromatic carbocycles. The lowest BCUT2D eigenvalue weighted by atomic mass is 10.1. The number of nitrogens with one attached hydrogen (secondary N) is 1. The first-order chi connectivity index (χ1) is 6.61. The van der Waals surface area contributed by atoms with Gasteiger partial charge in [-0.05, 0) is 53.6 Å². The van der Waals surface area contributed by atoms with Crippen LogP contribution in [0.25, 0.3) is 10.9 Å². The smallest absolute Gasteiger partial charge is 0.202 e. The summed E-state index contributed by atoms with van der Waals surface area (Å²) in [6.07, 6.45) is 1.76. The Morgan fingerprint density at radius 3 is 2.71 bits per heavy atom. The summed E-state index contributed by atoms with van der Waals surface area (Å²) in [6.45, 7) is 4.07. The molecule has 0 amide bonds. The Morgan fingerprint density at radius 2 is 2.00 bits per heavy atom. The second-order valence-corrected chi connectivity index (χ2v) is 4.56. The molecular formula is C11H10INO. The first-order valence-corrected chi connectivity index (χ1v) is 5.46. The van der Waals surface area contributed by atoms with Crippen molar-refractivity contribution in [2.24, 2.45) is 0 Å². The zero-order valence-electron chi connectivity index (χ0n) is 8.02. The van der Waals surface area contributed by atoms with Crippen LogP contribution in [0.5, 0.6) is 0 Å². The van der Waals surface area contributed by atoms with E-state index in [9.17, 15) is 4.79 Å². The molecule has 0 spiro atoms. The molecule has 0 saturated carbocycles. The predicted molar refractivity (Wildman–Crippen MR) is 66.8 cm³/mol. The van der Waals surface area contributed by atoms with E-state index in [-0.39, 0.29) is 5.43 Å². The number of benzene rings is 1. The minimum absolute atomic E-state index is 0.113. The molecule has 1 heterocycles. The Kier molecular flexibility index (Phi) is 2.34. The zero-order chi connectivity index (χ0) is 10.3. The van der Waals surface area contributed by atoms with Crippen LogP contribution in [0.3, 0.4) is 0 Å². The highest BCUT2D eigenvalue weighted by Gasteiger charge is 2.05. The highest BCUT2D eigenvalue weighted by molar-refractivity contribution is 14.1. The maximum Gasteiger partial charge on any atom is 0.202 e. The van der Waals surface area contributed by atoms with Gasteiger partial charge >= 0.3 is 0 Å². The first kappa shape index (κ1) is 9.71. The van der Waals surface area contributed by atoms with Gasteiger partial charge in [0.15, 0.2) is 0 Å². The Bertz CT molecular complexity index is 557. The summed E-state index contributed by atoms with van der Waals surface area (Å²) in [6, 6.07) is 3.88. The van der Waals surface area contributed by atoms with Crippen LogP contribution in [0.1, 0.15) is 11.1 Å². The fraction of sp³-hybridized carbons (Fsp3) is 0.182. The van der Waals surface area contributed by atoms with E-state index in [1.165, 1.54) is 5.56 Å². The molecule has 0 radical (unpaired) electrons. The van der Waals surface area contributed by atoms with Crippen LogP contribution >= 0.6 is 22.6 Å². The van der Waals surface area contributed by atoms with Crippen molar-refractivity contribution in [3.63, 3.8) is 0 Å². The minimum Gasteiger partial charge on any atom is -0.360 e. The number of rotatable bonds is 0. The fourth-order valence-corrected chi connectivity index (χ4v) is 1.97. The van der Waals surface area contributed by atoms with Crippen LogP contribution < -0.4 is 5.43 Å². The number of hydrogen-bond acceptors (Lipinski definition) is 1. The van der Waals surface area contributed by atoms with Crippen molar-refractivity contribution in [2.75, 3.05) is 0 Å². The second kappa shape index (κ2) is 3.38. The van der Waals surface area contributed by atoms with Gasteiger partial charge in [0.2, 0.25) is 5.43 Å². The van der Waals surface area contributed by atoms with Crippen LogP contribution in [0.2, 0.25) is 0 Å². The van der Waals surface area contributed by atoms with Crippen molar-refractivity contribution in [2.45, 2.75) is 13.8 Å². The number of hydrogen-bond donors (Lipinski definition) is 1. The van der Waals surface area contributed by atoms with E-state index >= 15 is 0 Å². The number of aromatic nitrogens is 1. The number of aromatic amines is 1. The van der Waals surface area contributed by atoms with Gasteiger partial charge < -0.3 is 4.98 Å². The summed E-state index contributed by atoms with van der Waals surface area (Å²) in [5.74, 6) is 0. The molecular weight excluding hydrogens is 289 g/mol. The zero-order valence-corrected chi connectivity index (χ0v) is 10.2. The first-order valence-electron chi connectivity index (χ1n) is 4.38. The average Bonchev–Trinajstić information content (AvgIpc) is 2.17. The van der Waals surface area contributed by atoms with Crippen molar-refractivity contribution in [1.29, 1.82) is 0 Å². The highest BCUT2D eigenvalue weighted by atomic mass is 127. The van der Waals surface area contributed by atoms with Crippen LogP contribution in [0, 0.1) is 17.4 Å². The number of pyridine rings is 1. The fourth-order valence-electron chi connectivity index (χ4n) is 1.52. The van der Waals surface area contributed by atoms with E-state index in [0.29, 0.717) is 0 Å². The maximum atomic E-state index is 11.8. The Labute approximate surface area is 95.5 Å². The Morgan fingerprint density at radius 1 is 1.29 bits per heavy atom. The second-order valence-electron chi connectivity index (χ2n) is 3.40. The van der Waals surface area contributed by atoms with Gasteiger partial charge in [-0.25, -0.2) is 0 Å². The lowest BCUT2D eigenvalue weighted by molar-refractivity contribution is 1.29. The monoisotopic (exact) mass is 299 g/mol. The van der Waals surface area contributed by atoms with Gasteiger partial charge in [0.1, 0.15) is 0 Å². The van der Waals surface area contributed by atoms with E-state index in [4.69, 9.17) is 0 Å². The summed E-state index contributed by atoms with van der Waals surface area (Å²) in [5, 5.41) is 0.778. The summed E-state index contributed by atoms with van der Waals surface area (Å²) in [5.41, 5.74) is 3.42. The molecule has 1 aromatic heterocycles. The molecule has 0 atom stereocenters. The molecule has 0 aliphatic carbocycles. The normalized spacial score (nSPS) is 10.8. The average molecular weight is 299 g/mol. The molecule has 14 heavy (non-hydrogen) atoms. The molecule has 0 aliphatic heterocycles. The molecule has 2 aromatic rings. The van der Waals surface area contributed by atoms with E-state index in [1.54, 1.807) is 6.20 Å². The topological polar surface area (TPSA) is 32.9 Å². The van der Waals surface area contributed by atoms with Gasteiger partial charge in [-0.15, -0.1) is 0 Å². The van der Waals surface area contributed by atoms with Crippen molar-refractivity contribution in [3.05, 3.63) is 43.2 Å². The van der Waals surface area contributed by atoms with Crippen molar-refractivity contribution < 1.29 is 0 Å². The molecule has 0 unspecified atom stereocenters. The van der Waals surface area contributed by atoms with Gasteiger partial charge in [0, 0.05) is 11.6 Å². The Balaban J connectivity index is 3.02. The molecule has 2 rings (SSSR count). The third kappa shape index (κ3) is 1.35. The third-order valence-electron chi connectivity index (χ3n) is 2.54. The van der Waals surface area contributed by atoms with Gasteiger partial charge in [-0.3, -0.25) is 4.79 Å². The number of halogens is 1. The summed E-state index contributed by atoms with van der Waals surface area (Å²) < 4.78 is 0.735. The number of H-pyrrole nitrogens is 1. The van der Waals surface area contributed by atoms with Crippen LogP contribution in [0.4, 0.5) is 0 Å². The Hall–Kier alpha value is -0.840. The quantitative estimate of drug-likeness (QED) is 0.746. The van der Waals surface area contributed by atoms with E-state index in [2.05, 4.69) is 4.98 Å². The lowest BCUT2D eigenvalue weighted by Crippen LogP contribution is -2.07. The molecule has 1 N–H and O–H groups in total. The lowest BCUT2D eigenvalue weighted by Gasteiger charge is -2.05. The molecule has 0 saturated heterocycles. The van der Waals surface area contributed by atoms with Gasteiger partial charge in [-0.2, -0.15) is 0 Å². The van der Waals surface area contributed by atoms with Crippen LogP contribution in [0.15, 0.2) is 23.1 Å². The minimum atomic E-state index is 0.113.